The maximum absolute atomic E-state index is 13.6. The number of benzene rings is 1. The van der Waals surface area contributed by atoms with Gasteiger partial charge in [0, 0.05) is 0 Å². The van der Waals surface area contributed by atoms with Gasteiger partial charge in [0.2, 0.25) is 0 Å². The normalized spacial score (nSPS) is 35.3. The summed E-state index contributed by atoms with van der Waals surface area (Å²) in [7, 11) is 0. The van der Waals surface area contributed by atoms with Crippen molar-refractivity contribution in [2.45, 2.75) is 90.6 Å². The van der Waals surface area contributed by atoms with Gasteiger partial charge in [-0.2, -0.15) is 0 Å². The minimum absolute atomic E-state index is 0.0122. The zero-order valence-corrected chi connectivity index (χ0v) is 18.8. The van der Waals surface area contributed by atoms with E-state index in [1.54, 1.807) is 12.1 Å². The van der Waals surface area contributed by atoms with Crippen LogP contribution in [0, 0.1) is 29.1 Å². The Morgan fingerprint density at radius 3 is 2.03 bits per heavy atom. The van der Waals surface area contributed by atoms with Gasteiger partial charge in [-0.3, -0.25) is 4.79 Å². The average molecular weight is 399 g/mol. The molecule has 0 aliphatic heterocycles. The van der Waals surface area contributed by atoms with E-state index in [0.717, 1.165) is 30.2 Å². The van der Waals surface area contributed by atoms with Gasteiger partial charge in [-0.1, -0.05) is 32.9 Å². The van der Waals surface area contributed by atoms with Gasteiger partial charge in [0.15, 0.2) is 0 Å². The lowest BCUT2D eigenvalue weighted by molar-refractivity contribution is -0.213. The Bertz CT molecular complexity index is 735. The topological polar surface area (TPSA) is 46.5 Å². The minimum Gasteiger partial charge on any atom is -0.508 e. The Balaban J connectivity index is 1.52. The highest BCUT2D eigenvalue weighted by atomic mass is 16.6. The zero-order chi connectivity index (χ0) is 21.0. The number of esters is 1. The third-order valence-electron chi connectivity index (χ3n) is 8.83. The Morgan fingerprint density at radius 1 is 1.03 bits per heavy atom. The number of carbonyl (C=O) groups is 1. The number of ether oxygens (including phenoxy) is 1. The molecular weight excluding hydrogens is 360 g/mol. The Labute approximate surface area is 176 Å². The molecule has 3 heteroatoms. The molecule has 1 atom stereocenters. The van der Waals surface area contributed by atoms with E-state index >= 15 is 0 Å². The quantitative estimate of drug-likeness (QED) is 0.577. The van der Waals surface area contributed by atoms with E-state index in [0.29, 0.717) is 11.8 Å². The van der Waals surface area contributed by atoms with Crippen LogP contribution in [0.4, 0.5) is 0 Å². The molecule has 0 aromatic heterocycles. The van der Waals surface area contributed by atoms with Crippen LogP contribution < -0.4 is 0 Å². The molecule has 5 rings (SSSR count). The van der Waals surface area contributed by atoms with Crippen LogP contribution in [0.3, 0.4) is 0 Å². The predicted octanol–water partition coefficient (Wildman–Crippen LogP) is 6.23. The second-order valence-electron chi connectivity index (χ2n) is 11.4. The lowest BCUT2D eigenvalue weighted by Crippen LogP contribution is -2.59. The van der Waals surface area contributed by atoms with Gasteiger partial charge >= 0.3 is 5.97 Å². The number of carbonyl (C=O) groups excluding carboxylic acids is 1. The van der Waals surface area contributed by atoms with Crippen LogP contribution in [-0.4, -0.2) is 16.7 Å². The van der Waals surface area contributed by atoms with Crippen molar-refractivity contribution in [3.63, 3.8) is 0 Å². The van der Waals surface area contributed by atoms with Crippen molar-refractivity contribution in [1.29, 1.82) is 0 Å². The van der Waals surface area contributed by atoms with Crippen molar-refractivity contribution in [1.82, 2.24) is 0 Å². The Kier molecular flexibility index (Phi) is 5.03. The molecule has 4 bridgehead atoms. The van der Waals surface area contributed by atoms with E-state index in [4.69, 9.17) is 4.74 Å². The fourth-order valence-electron chi connectivity index (χ4n) is 6.94. The third kappa shape index (κ3) is 3.59. The average Bonchev–Trinajstić information content (AvgIpc) is 2.65. The molecule has 1 aromatic rings. The monoisotopic (exact) mass is 398 g/mol. The predicted molar refractivity (Wildman–Crippen MR) is 116 cm³/mol. The maximum atomic E-state index is 13.6. The molecule has 0 heterocycles. The second kappa shape index (κ2) is 7.03. The smallest absolute Gasteiger partial charge is 0.312 e. The summed E-state index contributed by atoms with van der Waals surface area (Å²) in [6.45, 7) is 10.8. The van der Waals surface area contributed by atoms with Crippen molar-refractivity contribution in [2.24, 2.45) is 29.1 Å². The van der Waals surface area contributed by atoms with E-state index in [-0.39, 0.29) is 22.7 Å². The minimum atomic E-state index is -0.515. The van der Waals surface area contributed by atoms with E-state index in [1.807, 2.05) is 12.1 Å². The number of rotatable bonds is 6. The molecule has 29 heavy (non-hydrogen) atoms. The number of hydrogen-bond acceptors (Lipinski definition) is 3. The first-order chi connectivity index (χ1) is 13.6. The molecule has 0 saturated heterocycles. The van der Waals surface area contributed by atoms with Crippen molar-refractivity contribution in [2.75, 3.05) is 0 Å². The van der Waals surface area contributed by atoms with Gasteiger partial charge in [-0.05, 0) is 106 Å². The molecule has 0 radical (unpaired) electrons. The number of phenols is 1. The molecule has 4 fully saturated rings. The highest BCUT2D eigenvalue weighted by molar-refractivity contribution is 5.77. The molecule has 4 saturated carbocycles. The fourth-order valence-corrected chi connectivity index (χ4v) is 6.94. The van der Waals surface area contributed by atoms with Crippen molar-refractivity contribution in [3.8, 4) is 5.75 Å². The van der Waals surface area contributed by atoms with Gasteiger partial charge in [0.25, 0.3) is 0 Å². The fraction of sp³-hybridized carbons (Fsp3) is 0.731. The Hall–Kier alpha value is -1.51. The molecule has 1 N–H and O–H groups in total. The van der Waals surface area contributed by atoms with Gasteiger partial charge in [-0.25, -0.2) is 0 Å². The van der Waals surface area contributed by atoms with Crippen molar-refractivity contribution >= 4 is 5.97 Å². The van der Waals surface area contributed by atoms with Gasteiger partial charge in [-0.15, -0.1) is 0 Å². The standard InChI is InChI=1S/C26H38O3/c1-6-25(4,16-24(2,3)19-7-9-22(27)10-8-19)23(28)29-26(5)20-12-17-11-18(14-20)15-21(26)13-17/h7-10,17-18,20-21,27H,6,11-16H2,1-5H3. The molecule has 1 unspecified atom stereocenters. The number of phenolic OH excluding ortho intramolecular Hbond substituents is 1. The summed E-state index contributed by atoms with van der Waals surface area (Å²) in [5, 5.41) is 9.63. The van der Waals surface area contributed by atoms with E-state index < -0.39 is 5.41 Å². The Morgan fingerprint density at radius 2 is 1.55 bits per heavy atom. The molecule has 0 spiro atoms. The van der Waals surface area contributed by atoms with E-state index in [1.165, 1.54) is 32.1 Å². The summed E-state index contributed by atoms with van der Waals surface area (Å²) >= 11 is 0. The first kappa shape index (κ1) is 20.8. The first-order valence-electron chi connectivity index (χ1n) is 11.6. The van der Waals surface area contributed by atoms with Crippen molar-refractivity contribution in [3.05, 3.63) is 29.8 Å². The van der Waals surface area contributed by atoms with E-state index in [9.17, 15) is 9.90 Å². The summed E-state index contributed by atoms with van der Waals surface area (Å²) in [6.07, 6.45) is 7.90. The molecule has 1 aromatic carbocycles. The molecule has 3 nitrogen and oxygen atoms in total. The number of hydrogen-bond donors (Lipinski definition) is 1. The second-order valence-corrected chi connectivity index (χ2v) is 11.4. The first-order valence-corrected chi connectivity index (χ1v) is 11.6. The zero-order valence-electron chi connectivity index (χ0n) is 18.8. The van der Waals surface area contributed by atoms with Crippen molar-refractivity contribution < 1.29 is 14.6 Å². The molecule has 160 valence electrons. The highest BCUT2D eigenvalue weighted by Crippen LogP contribution is 2.60. The molecule has 4 aliphatic carbocycles. The van der Waals surface area contributed by atoms with Crippen LogP contribution in [0.5, 0.6) is 5.75 Å². The van der Waals surface area contributed by atoms with Gasteiger partial charge in [0.1, 0.15) is 11.4 Å². The van der Waals surface area contributed by atoms with E-state index in [2.05, 4.69) is 34.6 Å². The van der Waals surface area contributed by atoms with Crippen LogP contribution in [-0.2, 0) is 14.9 Å². The third-order valence-corrected chi connectivity index (χ3v) is 8.83. The molecule has 0 amide bonds. The van der Waals surface area contributed by atoms with Crippen LogP contribution in [0.2, 0.25) is 0 Å². The SMILES string of the molecule is CCC(C)(CC(C)(C)c1ccc(O)cc1)C(=O)OC1(C)C2CC3CC(C2)CC1C3. The largest absolute Gasteiger partial charge is 0.508 e. The van der Waals surface area contributed by atoms with Crippen LogP contribution >= 0.6 is 0 Å². The van der Waals surface area contributed by atoms with Crippen LogP contribution in [0.1, 0.15) is 85.1 Å². The summed E-state index contributed by atoms with van der Waals surface area (Å²) in [5.41, 5.74) is 0.175. The lowest BCUT2D eigenvalue weighted by Gasteiger charge is -2.59. The molecule has 4 aliphatic rings. The molecular formula is C26H38O3. The van der Waals surface area contributed by atoms with Crippen LogP contribution in [0.15, 0.2) is 24.3 Å². The summed E-state index contributed by atoms with van der Waals surface area (Å²) < 4.78 is 6.49. The highest BCUT2D eigenvalue weighted by Gasteiger charge is 2.58. The summed E-state index contributed by atoms with van der Waals surface area (Å²) in [6, 6.07) is 7.40. The lowest BCUT2D eigenvalue weighted by atomic mass is 9.50. The van der Waals surface area contributed by atoms with Crippen LogP contribution in [0.25, 0.3) is 0 Å². The van der Waals surface area contributed by atoms with Gasteiger partial charge < -0.3 is 9.84 Å². The summed E-state index contributed by atoms with van der Waals surface area (Å²) in [5.74, 6) is 3.10. The maximum Gasteiger partial charge on any atom is 0.312 e. The van der Waals surface area contributed by atoms with Gasteiger partial charge in [0.05, 0.1) is 5.41 Å². The number of aromatic hydroxyl groups is 1. The summed E-state index contributed by atoms with van der Waals surface area (Å²) in [4.78, 5) is 13.6.